The lowest BCUT2D eigenvalue weighted by Gasteiger charge is -2.35. The lowest BCUT2D eigenvalue weighted by Crippen LogP contribution is -2.32. The lowest BCUT2D eigenvalue weighted by molar-refractivity contribution is 0.195. The highest BCUT2D eigenvalue weighted by Gasteiger charge is 2.31. The summed E-state index contributed by atoms with van der Waals surface area (Å²) in [5.74, 6) is 1.33. The molecule has 1 aliphatic heterocycles. The van der Waals surface area contributed by atoms with Crippen LogP contribution in [0.25, 0.3) is 0 Å². The second-order valence-corrected chi connectivity index (χ2v) is 7.05. The third kappa shape index (κ3) is 3.94. The third-order valence-electron chi connectivity index (χ3n) is 4.17. The van der Waals surface area contributed by atoms with Crippen LogP contribution >= 0.6 is 11.8 Å². The van der Waals surface area contributed by atoms with Gasteiger partial charge in [-0.3, -0.25) is 0 Å². The number of rotatable bonds is 4. The molecule has 0 aromatic rings. The first-order valence-electron chi connectivity index (χ1n) is 7.28. The first-order chi connectivity index (χ1) is 8.35. The summed E-state index contributed by atoms with van der Waals surface area (Å²) >= 11 is 2.14. The van der Waals surface area contributed by atoms with Gasteiger partial charge in [0.1, 0.15) is 6.61 Å². The van der Waals surface area contributed by atoms with Gasteiger partial charge in [0.2, 0.25) is 0 Å². The fourth-order valence-electron chi connectivity index (χ4n) is 2.84. The van der Waals surface area contributed by atoms with Crippen LogP contribution in [-0.4, -0.2) is 17.1 Å². The van der Waals surface area contributed by atoms with Crippen molar-refractivity contribution in [1.82, 2.24) is 0 Å². The van der Waals surface area contributed by atoms with E-state index in [9.17, 15) is 0 Å². The van der Waals surface area contributed by atoms with Crippen molar-refractivity contribution < 1.29 is 4.74 Å². The van der Waals surface area contributed by atoms with E-state index >= 15 is 0 Å². The molecule has 17 heavy (non-hydrogen) atoms. The number of thioether (sulfide) groups is 1. The second kappa shape index (κ2) is 6.72. The maximum Gasteiger partial charge on any atom is 0.102 e. The standard InChI is InChI=1S/C15H26OS/c1-2-15(10-6-7-11-17-15)13-16-12-14-8-4-3-5-9-14/h12H,2-11,13H2,1H3. The van der Waals surface area contributed by atoms with E-state index in [2.05, 4.69) is 24.9 Å². The smallest absolute Gasteiger partial charge is 0.102 e. The van der Waals surface area contributed by atoms with E-state index in [4.69, 9.17) is 4.74 Å². The van der Waals surface area contributed by atoms with E-state index in [-0.39, 0.29) is 0 Å². The van der Waals surface area contributed by atoms with E-state index in [0.717, 1.165) is 6.61 Å². The quantitative estimate of drug-likeness (QED) is 0.659. The largest absolute Gasteiger partial charge is 0.500 e. The van der Waals surface area contributed by atoms with Crippen LogP contribution in [0.15, 0.2) is 11.8 Å². The number of ether oxygens (including phenoxy) is 1. The Bertz CT molecular complexity index is 246. The van der Waals surface area contributed by atoms with Gasteiger partial charge in [0.25, 0.3) is 0 Å². The van der Waals surface area contributed by atoms with Gasteiger partial charge in [0.15, 0.2) is 0 Å². The van der Waals surface area contributed by atoms with Crippen LogP contribution in [0.1, 0.15) is 64.7 Å². The van der Waals surface area contributed by atoms with Crippen molar-refractivity contribution in [1.29, 1.82) is 0 Å². The number of hydrogen-bond acceptors (Lipinski definition) is 2. The van der Waals surface area contributed by atoms with Crippen LogP contribution in [0.4, 0.5) is 0 Å². The molecule has 1 aliphatic carbocycles. The van der Waals surface area contributed by atoms with Gasteiger partial charge in [-0.25, -0.2) is 0 Å². The molecule has 0 aromatic carbocycles. The maximum absolute atomic E-state index is 5.92. The Labute approximate surface area is 110 Å². The fourth-order valence-corrected chi connectivity index (χ4v) is 4.27. The monoisotopic (exact) mass is 254 g/mol. The zero-order valence-corrected chi connectivity index (χ0v) is 12.0. The highest BCUT2D eigenvalue weighted by atomic mass is 32.2. The first-order valence-corrected chi connectivity index (χ1v) is 8.27. The van der Waals surface area contributed by atoms with Crippen molar-refractivity contribution in [3.05, 3.63) is 11.8 Å². The highest BCUT2D eigenvalue weighted by Crippen LogP contribution is 2.39. The molecule has 2 rings (SSSR count). The molecule has 1 saturated carbocycles. The molecule has 0 amide bonds. The van der Waals surface area contributed by atoms with Crippen LogP contribution in [0.2, 0.25) is 0 Å². The Morgan fingerprint density at radius 1 is 1.18 bits per heavy atom. The molecule has 1 heterocycles. The Morgan fingerprint density at radius 3 is 2.65 bits per heavy atom. The number of allylic oxidation sites excluding steroid dienone is 1. The molecular formula is C15H26OS. The van der Waals surface area contributed by atoms with Gasteiger partial charge < -0.3 is 4.74 Å². The van der Waals surface area contributed by atoms with Crippen LogP contribution in [0.5, 0.6) is 0 Å². The van der Waals surface area contributed by atoms with Crippen LogP contribution in [-0.2, 0) is 4.74 Å². The summed E-state index contributed by atoms with van der Waals surface area (Å²) in [5.41, 5.74) is 1.54. The fraction of sp³-hybridized carbons (Fsp3) is 0.867. The molecule has 0 N–H and O–H groups in total. The molecule has 1 saturated heterocycles. The van der Waals surface area contributed by atoms with Gasteiger partial charge in [-0.05, 0) is 56.3 Å². The zero-order valence-electron chi connectivity index (χ0n) is 11.2. The maximum atomic E-state index is 5.92. The summed E-state index contributed by atoms with van der Waals surface area (Å²) in [6, 6.07) is 0. The minimum absolute atomic E-state index is 0.421. The van der Waals surface area contributed by atoms with E-state index in [1.165, 1.54) is 63.5 Å². The summed E-state index contributed by atoms with van der Waals surface area (Å²) < 4.78 is 6.34. The van der Waals surface area contributed by atoms with Crippen LogP contribution in [0, 0.1) is 0 Å². The summed E-state index contributed by atoms with van der Waals surface area (Å²) in [7, 11) is 0. The molecule has 98 valence electrons. The molecule has 0 spiro atoms. The number of hydrogen-bond donors (Lipinski definition) is 0. The highest BCUT2D eigenvalue weighted by molar-refractivity contribution is 8.00. The Hall–Kier alpha value is -0.110. The van der Waals surface area contributed by atoms with Crippen molar-refractivity contribution in [2.75, 3.05) is 12.4 Å². The molecular weight excluding hydrogens is 228 g/mol. The molecule has 0 radical (unpaired) electrons. The Morgan fingerprint density at radius 2 is 2.00 bits per heavy atom. The van der Waals surface area contributed by atoms with E-state index in [1.807, 2.05) is 0 Å². The average molecular weight is 254 g/mol. The molecule has 2 aliphatic rings. The van der Waals surface area contributed by atoms with Crippen molar-refractivity contribution in [3.63, 3.8) is 0 Å². The second-order valence-electron chi connectivity index (χ2n) is 5.49. The molecule has 2 fully saturated rings. The lowest BCUT2D eigenvalue weighted by atomic mass is 9.96. The van der Waals surface area contributed by atoms with Gasteiger partial charge in [0.05, 0.1) is 6.26 Å². The predicted octanol–water partition coefficient (Wildman–Crippen LogP) is 4.92. The predicted molar refractivity (Wildman–Crippen MR) is 76.5 cm³/mol. The normalized spacial score (nSPS) is 30.1. The van der Waals surface area contributed by atoms with E-state index < -0.39 is 0 Å². The molecule has 0 bridgehead atoms. The van der Waals surface area contributed by atoms with Crippen molar-refractivity contribution >= 4 is 11.8 Å². The minimum Gasteiger partial charge on any atom is -0.500 e. The van der Waals surface area contributed by atoms with Gasteiger partial charge >= 0.3 is 0 Å². The minimum atomic E-state index is 0.421. The summed E-state index contributed by atoms with van der Waals surface area (Å²) in [6.07, 6.45) is 14.1. The zero-order chi connectivity index (χ0) is 12.0. The molecule has 1 atom stereocenters. The van der Waals surface area contributed by atoms with E-state index in [0.29, 0.717) is 4.75 Å². The Balaban J connectivity index is 1.78. The first kappa shape index (κ1) is 13.3. The summed E-state index contributed by atoms with van der Waals surface area (Å²) in [5, 5.41) is 0. The summed E-state index contributed by atoms with van der Waals surface area (Å²) in [6.45, 7) is 3.24. The van der Waals surface area contributed by atoms with Crippen molar-refractivity contribution in [3.8, 4) is 0 Å². The molecule has 0 aromatic heterocycles. The van der Waals surface area contributed by atoms with Crippen LogP contribution in [0.3, 0.4) is 0 Å². The Kier molecular flexibility index (Phi) is 5.27. The topological polar surface area (TPSA) is 9.23 Å². The van der Waals surface area contributed by atoms with Gasteiger partial charge in [-0.15, -0.1) is 0 Å². The molecule has 1 nitrogen and oxygen atoms in total. The van der Waals surface area contributed by atoms with Crippen molar-refractivity contribution in [2.45, 2.75) is 69.5 Å². The molecule has 2 heteroatoms. The molecule has 1 unspecified atom stereocenters. The van der Waals surface area contributed by atoms with Gasteiger partial charge in [-0.2, -0.15) is 11.8 Å². The summed E-state index contributed by atoms with van der Waals surface area (Å²) in [4.78, 5) is 0. The van der Waals surface area contributed by atoms with Gasteiger partial charge in [0, 0.05) is 4.75 Å². The van der Waals surface area contributed by atoms with Gasteiger partial charge in [-0.1, -0.05) is 19.8 Å². The average Bonchev–Trinajstić information content (AvgIpc) is 2.41. The van der Waals surface area contributed by atoms with Crippen LogP contribution < -0.4 is 0 Å². The third-order valence-corrected chi connectivity index (χ3v) is 5.89. The van der Waals surface area contributed by atoms with Crippen molar-refractivity contribution in [2.24, 2.45) is 0 Å². The van der Waals surface area contributed by atoms with E-state index in [1.54, 1.807) is 5.57 Å². The SMILES string of the molecule is CCC1(COC=C2CCCCC2)CCCCS1.